The fourth-order valence-electron chi connectivity index (χ4n) is 1.01. The van der Waals surface area contributed by atoms with Crippen LogP contribution < -0.4 is 0 Å². The molecule has 1 aromatic rings. The van der Waals surface area contributed by atoms with Crippen LogP contribution in [0.1, 0.15) is 16.1 Å². The SMILES string of the molecule is O=C(OCCO)c1cccnc1C(F)(F)F. The average molecular weight is 235 g/mol. The van der Waals surface area contributed by atoms with Crippen LogP contribution >= 0.6 is 0 Å². The third kappa shape index (κ3) is 2.93. The second-order valence-electron chi connectivity index (χ2n) is 2.76. The highest BCUT2D eigenvalue weighted by Gasteiger charge is 2.37. The average Bonchev–Trinajstić information content (AvgIpc) is 2.24. The van der Waals surface area contributed by atoms with Gasteiger partial charge in [-0.2, -0.15) is 13.2 Å². The molecule has 0 aliphatic heterocycles. The first kappa shape index (κ1) is 12.4. The van der Waals surface area contributed by atoms with Crippen molar-refractivity contribution in [1.82, 2.24) is 4.98 Å². The summed E-state index contributed by atoms with van der Waals surface area (Å²) in [5.41, 5.74) is -1.96. The molecule has 16 heavy (non-hydrogen) atoms. The highest BCUT2D eigenvalue weighted by atomic mass is 19.4. The normalized spacial score (nSPS) is 11.2. The molecule has 1 N–H and O–H groups in total. The van der Waals surface area contributed by atoms with Gasteiger partial charge >= 0.3 is 12.1 Å². The van der Waals surface area contributed by atoms with E-state index in [1.54, 1.807) is 0 Å². The van der Waals surface area contributed by atoms with Gasteiger partial charge in [-0.1, -0.05) is 0 Å². The second-order valence-corrected chi connectivity index (χ2v) is 2.76. The predicted octanol–water partition coefficient (Wildman–Crippen LogP) is 1.25. The molecule has 0 aliphatic rings. The van der Waals surface area contributed by atoms with E-state index in [9.17, 15) is 18.0 Å². The lowest BCUT2D eigenvalue weighted by atomic mass is 10.2. The molecule has 1 rings (SSSR count). The van der Waals surface area contributed by atoms with Crippen LogP contribution in [-0.4, -0.2) is 29.3 Å². The number of rotatable bonds is 3. The molecular formula is C9H8F3NO3. The Bertz CT molecular complexity index is 379. The highest BCUT2D eigenvalue weighted by molar-refractivity contribution is 5.90. The number of ether oxygens (including phenoxy) is 1. The number of aliphatic hydroxyl groups is 1. The number of nitrogens with zero attached hydrogens (tertiary/aromatic N) is 1. The molecule has 0 spiro atoms. The van der Waals surface area contributed by atoms with E-state index >= 15 is 0 Å². The van der Waals surface area contributed by atoms with Crippen LogP contribution in [0.5, 0.6) is 0 Å². The van der Waals surface area contributed by atoms with E-state index in [0.717, 1.165) is 12.3 Å². The molecule has 0 fully saturated rings. The van der Waals surface area contributed by atoms with Crippen LogP contribution in [-0.2, 0) is 10.9 Å². The minimum atomic E-state index is -4.71. The Morgan fingerprint density at radius 2 is 2.19 bits per heavy atom. The third-order valence-corrected chi connectivity index (χ3v) is 1.62. The lowest BCUT2D eigenvalue weighted by molar-refractivity contribution is -0.141. The van der Waals surface area contributed by atoms with E-state index in [-0.39, 0.29) is 6.61 Å². The summed E-state index contributed by atoms with van der Waals surface area (Å²) in [6, 6.07) is 2.17. The van der Waals surface area contributed by atoms with Gasteiger partial charge in [0.2, 0.25) is 0 Å². The minimum Gasteiger partial charge on any atom is -0.460 e. The Morgan fingerprint density at radius 1 is 1.50 bits per heavy atom. The molecule has 0 unspecified atom stereocenters. The predicted molar refractivity (Wildman–Crippen MR) is 46.6 cm³/mol. The van der Waals surface area contributed by atoms with Crippen LogP contribution in [0.15, 0.2) is 18.3 Å². The van der Waals surface area contributed by atoms with Crippen LogP contribution in [0.25, 0.3) is 0 Å². The quantitative estimate of drug-likeness (QED) is 0.801. The Kier molecular flexibility index (Phi) is 3.83. The van der Waals surface area contributed by atoms with Crippen molar-refractivity contribution in [2.75, 3.05) is 13.2 Å². The zero-order valence-electron chi connectivity index (χ0n) is 7.99. The number of pyridine rings is 1. The van der Waals surface area contributed by atoms with Crippen molar-refractivity contribution in [2.24, 2.45) is 0 Å². The molecule has 0 atom stereocenters. The number of carbonyl (C=O) groups excluding carboxylic acids is 1. The molecule has 0 radical (unpaired) electrons. The molecule has 4 nitrogen and oxygen atoms in total. The number of esters is 1. The Hall–Kier alpha value is -1.63. The Balaban J connectivity index is 3.00. The van der Waals surface area contributed by atoms with Crippen LogP contribution in [0.4, 0.5) is 13.2 Å². The van der Waals surface area contributed by atoms with E-state index in [0.29, 0.717) is 0 Å². The zero-order valence-corrected chi connectivity index (χ0v) is 7.99. The molecular weight excluding hydrogens is 227 g/mol. The smallest absolute Gasteiger partial charge is 0.434 e. The standard InChI is InChI=1S/C9H8F3NO3/c10-9(11,12)7-6(2-1-3-13-7)8(15)16-5-4-14/h1-3,14H,4-5H2. The van der Waals surface area contributed by atoms with Crippen molar-refractivity contribution >= 4 is 5.97 Å². The van der Waals surface area contributed by atoms with Gasteiger partial charge in [0, 0.05) is 6.20 Å². The number of hydrogen-bond donors (Lipinski definition) is 1. The number of aliphatic hydroxyl groups excluding tert-OH is 1. The monoisotopic (exact) mass is 235 g/mol. The molecule has 1 aromatic heterocycles. The fourth-order valence-corrected chi connectivity index (χ4v) is 1.01. The zero-order chi connectivity index (χ0) is 12.2. The summed E-state index contributed by atoms with van der Waals surface area (Å²) in [4.78, 5) is 14.3. The number of halogens is 3. The lowest BCUT2D eigenvalue weighted by Gasteiger charge is -2.10. The molecule has 0 saturated heterocycles. The van der Waals surface area contributed by atoms with Crippen LogP contribution in [0, 0.1) is 0 Å². The first-order chi connectivity index (χ1) is 7.46. The highest BCUT2D eigenvalue weighted by Crippen LogP contribution is 2.30. The summed E-state index contributed by atoms with van der Waals surface area (Å²) < 4.78 is 41.6. The van der Waals surface area contributed by atoms with Crippen molar-refractivity contribution in [3.8, 4) is 0 Å². The molecule has 0 bridgehead atoms. The second kappa shape index (κ2) is 4.93. The minimum absolute atomic E-state index is 0.356. The maximum atomic E-state index is 12.4. The van der Waals surface area contributed by atoms with Gasteiger partial charge in [0.15, 0.2) is 5.69 Å². The molecule has 0 amide bonds. The van der Waals surface area contributed by atoms with Gasteiger partial charge in [-0.3, -0.25) is 4.98 Å². The third-order valence-electron chi connectivity index (χ3n) is 1.62. The van der Waals surface area contributed by atoms with Gasteiger partial charge in [-0.25, -0.2) is 4.79 Å². The molecule has 0 aromatic carbocycles. The van der Waals surface area contributed by atoms with Gasteiger partial charge in [-0.15, -0.1) is 0 Å². The van der Waals surface area contributed by atoms with Crippen LogP contribution in [0.2, 0.25) is 0 Å². The summed E-state index contributed by atoms with van der Waals surface area (Å²) in [6.07, 6.45) is -3.78. The summed E-state index contributed by atoms with van der Waals surface area (Å²) in [5.74, 6) is -1.16. The molecule has 1 heterocycles. The molecule has 88 valence electrons. The Labute approximate surface area is 88.7 Å². The number of hydrogen-bond acceptors (Lipinski definition) is 4. The van der Waals surface area contributed by atoms with E-state index in [4.69, 9.17) is 5.11 Å². The molecule has 0 saturated carbocycles. The van der Waals surface area contributed by atoms with Gasteiger partial charge in [0.1, 0.15) is 6.61 Å². The Morgan fingerprint density at radius 3 is 2.75 bits per heavy atom. The topological polar surface area (TPSA) is 59.4 Å². The largest absolute Gasteiger partial charge is 0.460 e. The summed E-state index contributed by atoms with van der Waals surface area (Å²) in [5, 5.41) is 8.38. The van der Waals surface area contributed by atoms with Crippen molar-refractivity contribution in [1.29, 1.82) is 0 Å². The maximum absolute atomic E-state index is 12.4. The molecule has 0 aliphatic carbocycles. The van der Waals surface area contributed by atoms with Gasteiger partial charge in [-0.05, 0) is 12.1 Å². The lowest BCUT2D eigenvalue weighted by Crippen LogP contribution is -2.17. The van der Waals surface area contributed by atoms with Gasteiger partial charge in [0.25, 0.3) is 0 Å². The van der Waals surface area contributed by atoms with E-state index in [2.05, 4.69) is 9.72 Å². The maximum Gasteiger partial charge on any atom is 0.434 e. The summed E-state index contributed by atoms with van der Waals surface area (Å²) in [6.45, 7) is -0.807. The van der Waals surface area contributed by atoms with Crippen molar-refractivity contribution in [3.05, 3.63) is 29.6 Å². The van der Waals surface area contributed by atoms with E-state index < -0.39 is 30.0 Å². The van der Waals surface area contributed by atoms with Crippen molar-refractivity contribution < 1.29 is 27.8 Å². The summed E-state index contributed by atoms with van der Waals surface area (Å²) in [7, 11) is 0. The van der Waals surface area contributed by atoms with Crippen LogP contribution in [0.3, 0.4) is 0 Å². The van der Waals surface area contributed by atoms with Gasteiger partial charge < -0.3 is 9.84 Å². The van der Waals surface area contributed by atoms with Crippen molar-refractivity contribution in [2.45, 2.75) is 6.18 Å². The number of carbonyl (C=O) groups is 1. The van der Waals surface area contributed by atoms with Gasteiger partial charge in [0.05, 0.1) is 12.2 Å². The summed E-state index contributed by atoms with van der Waals surface area (Å²) >= 11 is 0. The van der Waals surface area contributed by atoms with Crippen molar-refractivity contribution in [3.63, 3.8) is 0 Å². The fraction of sp³-hybridized carbons (Fsp3) is 0.333. The van der Waals surface area contributed by atoms with E-state index in [1.165, 1.54) is 6.07 Å². The molecule has 7 heteroatoms. The van der Waals surface area contributed by atoms with E-state index in [1.807, 2.05) is 0 Å². The number of aromatic nitrogens is 1. The first-order valence-corrected chi connectivity index (χ1v) is 4.27. The first-order valence-electron chi connectivity index (χ1n) is 4.27. The number of alkyl halides is 3.